The highest BCUT2D eigenvalue weighted by atomic mass is 35.5. The van der Waals surface area contributed by atoms with Crippen molar-refractivity contribution in [2.75, 3.05) is 0 Å². The molecule has 6 heteroatoms. The summed E-state index contributed by atoms with van der Waals surface area (Å²) in [5, 5.41) is 6.00. The second-order valence-electron chi connectivity index (χ2n) is 5.55. The fourth-order valence-corrected chi connectivity index (χ4v) is 3.40. The molecule has 1 N–H and O–H groups in total. The van der Waals surface area contributed by atoms with Gasteiger partial charge in [-0.15, -0.1) is 11.3 Å². The molecule has 2 aromatic heterocycles. The number of thiophene rings is 1. The van der Waals surface area contributed by atoms with Gasteiger partial charge < -0.3 is 5.32 Å². The molecule has 0 atom stereocenters. The van der Waals surface area contributed by atoms with E-state index in [1.165, 1.54) is 0 Å². The molecule has 0 aliphatic carbocycles. The second-order valence-corrected chi connectivity index (χ2v) is 7.31. The Morgan fingerprint density at radius 1 is 1.08 bits per heavy atom. The van der Waals surface area contributed by atoms with E-state index in [1.54, 1.807) is 29.7 Å². The summed E-state index contributed by atoms with van der Waals surface area (Å²) < 4.78 is 0. The minimum atomic E-state index is 0.000517. The average molecular weight is 391 g/mol. The fourth-order valence-electron chi connectivity index (χ4n) is 2.39. The predicted molar refractivity (Wildman–Crippen MR) is 104 cm³/mol. The van der Waals surface area contributed by atoms with Crippen molar-refractivity contribution in [3.8, 4) is 10.6 Å². The number of aryl methyl sites for hydroxylation is 1. The number of carbonyl (C=O) groups is 1. The monoisotopic (exact) mass is 390 g/mol. The van der Waals surface area contributed by atoms with Crippen LogP contribution in [-0.2, 0) is 17.8 Å². The van der Waals surface area contributed by atoms with E-state index in [9.17, 15) is 4.79 Å². The minimum absolute atomic E-state index is 0.000517. The zero-order valence-corrected chi connectivity index (χ0v) is 15.7. The highest BCUT2D eigenvalue weighted by Crippen LogP contribution is 2.24. The van der Waals surface area contributed by atoms with Crippen LogP contribution in [0.5, 0.6) is 0 Å². The number of benzene rings is 1. The molecule has 3 rings (SSSR count). The molecule has 1 aromatic carbocycles. The third-order valence-corrected chi connectivity index (χ3v) is 5.34. The van der Waals surface area contributed by atoms with Gasteiger partial charge in [0.1, 0.15) is 0 Å². The van der Waals surface area contributed by atoms with Gasteiger partial charge in [0.25, 0.3) is 0 Å². The number of pyridine rings is 1. The number of hydrogen-bond acceptors (Lipinski definition) is 3. The first kappa shape index (κ1) is 17.9. The molecule has 0 saturated heterocycles. The summed E-state index contributed by atoms with van der Waals surface area (Å²) in [6.45, 7) is 0.487. The van der Waals surface area contributed by atoms with Crippen molar-refractivity contribution in [3.05, 3.63) is 75.2 Å². The maximum absolute atomic E-state index is 12.1. The molecule has 0 spiro atoms. The number of carbonyl (C=O) groups excluding carboxylic acids is 1. The zero-order chi connectivity index (χ0) is 17.6. The third kappa shape index (κ3) is 5.05. The molecule has 0 unspecified atom stereocenters. The number of rotatable bonds is 6. The lowest BCUT2D eigenvalue weighted by molar-refractivity contribution is -0.121. The average Bonchev–Trinajstić information content (AvgIpc) is 3.16. The van der Waals surface area contributed by atoms with Gasteiger partial charge in [-0.2, -0.15) is 0 Å². The molecule has 0 radical (unpaired) electrons. The smallest absolute Gasteiger partial charge is 0.220 e. The normalized spacial score (nSPS) is 10.6. The van der Waals surface area contributed by atoms with Crippen LogP contribution in [-0.4, -0.2) is 10.9 Å². The van der Waals surface area contributed by atoms with Crippen molar-refractivity contribution in [2.24, 2.45) is 0 Å². The molecule has 0 fully saturated rings. The second kappa shape index (κ2) is 8.48. The Balaban J connectivity index is 1.52. The van der Waals surface area contributed by atoms with Crippen LogP contribution in [0.25, 0.3) is 10.6 Å². The molecule has 3 nitrogen and oxygen atoms in total. The summed E-state index contributed by atoms with van der Waals surface area (Å²) >= 11 is 13.5. The molecule has 0 bridgehead atoms. The first-order valence-electron chi connectivity index (χ1n) is 7.81. The molecule has 25 heavy (non-hydrogen) atoms. The van der Waals surface area contributed by atoms with E-state index in [4.69, 9.17) is 23.2 Å². The Hall–Kier alpha value is -1.88. The number of hydrogen-bond donors (Lipinski definition) is 1. The lowest BCUT2D eigenvalue weighted by Crippen LogP contribution is -2.23. The van der Waals surface area contributed by atoms with E-state index in [-0.39, 0.29) is 5.91 Å². The highest BCUT2D eigenvalue weighted by Gasteiger charge is 2.06. The summed E-state index contributed by atoms with van der Waals surface area (Å²) in [6.07, 6.45) is 2.80. The quantitative estimate of drug-likeness (QED) is 0.614. The number of amides is 1. The maximum atomic E-state index is 12.1. The number of nitrogens with zero attached hydrogens (tertiary/aromatic N) is 1. The molecule has 1 amide bonds. The molecular weight excluding hydrogens is 375 g/mol. The first-order chi connectivity index (χ1) is 12.1. The van der Waals surface area contributed by atoms with Crippen LogP contribution in [0.4, 0.5) is 0 Å². The van der Waals surface area contributed by atoms with Gasteiger partial charge in [0.2, 0.25) is 5.91 Å². The van der Waals surface area contributed by atoms with Crippen molar-refractivity contribution in [3.63, 3.8) is 0 Å². The number of nitrogens with one attached hydrogen (secondary N) is 1. The summed E-state index contributed by atoms with van der Waals surface area (Å²) in [5.74, 6) is 0.000517. The van der Waals surface area contributed by atoms with E-state index in [1.807, 2.05) is 35.7 Å². The fraction of sp³-hybridized carbons (Fsp3) is 0.158. The Kier molecular flexibility index (Phi) is 6.08. The largest absolute Gasteiger partial charge is 0.352 e. The zero-order valence-electron chi connectivity index (χ0n) is 13.3. The van der Waals surface area contributed by atoms with Crippen LogP contribution in [0.1, 0.15) is 17.5 Å². The van der Waals surface area contributed by atoms with Gasteiger partial charge in [-0.05, 0) is 53.3 Å². The van der Waals surface area contributed by atoms with Crippen LogP contribution in [0, 0.1) is 0 Å². The van der Waals surface area contributed by atoms with Crippen LogP contribution >= 0.6 is 34.5 Å². The van der Waals surface area contributed by atoms with Crippen molar-refractivity contribution in [1.29, 1.82) is 0 Å². The lowest BCUT2D eigenvalue weighted by Gasteiger charge is -2.07. The van der Waals surface area contributed by atoms with E-state index < -0.39 is 0 Å². The van der Waals surface area contributed by atoms with Crippen molar-refractivity contribution in [1.82, 2.24) is 10.3 Å². The Morgan fingerprint density at radius 3 is 2.72 bits per heavy atom. The van der Waals surface area contributed by atoms with E-state index in [0.29, 0.717) is 29.4 Å². The van der Waals surface area contributed by atoms with Gasteiger partial charge in [0.05, 0.1) is 20.6 Å². The molecule has 3 aromatic rings. The standard InChI is InChI=1S/C19H16Cl2N2OS/c20-15-5-3-13(10-16(15)21)4-6-19(24)23-12-14-7-8-22-17(11-14)18-2-1-9-25-18/h1-3,5,7-11H,4,6,12H2,(H,23,24). The lowest BCUT2D eigenvalue weighted by atomic mass is 10.1. The van der Waals surface area contributed by atoms with Gasteiger partial charge in [-0.1, -0.05) is 35.3 Å². The predicted octanol–water partition coefficient (Wildman–Crippen LogP) is 5.37. The topological polar surface area (TPSA) is 42.0 Å². The molecule has 0 aliphatic rings. The Labute approximate surface area is 160 Å². The van der Waals surface area contributed by atoms with Crippen LogP contribution in [0.15, 0.2) is 54.0 Å². The van der Waals surface area contributed by atoms with Gasteiger partial charge in [0.15, 0.2) is 0 Å². The summed E-state index contributed by atoms with van der Waals surface area (Å²) in [6, 6.07) is 13.4. The van der Waals surface area contributed by atoms with Gasteiger partial charge in [-0.25, -0.2) is 0 Å². The summed E-state index contributed by atoms with van der Waals surface area (Å²) in [5.41, 5.74) is 2.95. The number of aromatic nitrogens is 1. The minimum Gasteiger partial charge on any atom is -0.352 e. The van der Waals surface area contributed by atoms with E-state index in [0.717, 1.165) is 21.7 Å². The van der Waals surface area contributed by atoms with Crippen molar-refractivity contribution < 1.29 is 4.79 Å². The SMILES string of the molecule is O=C(CCc1ccc(Cl)c(Cl)c1)NCc1ccnc(-c2cccs2)c1. The molecule has 0 aliphatic heterocycles. The van der Waals surface area contributed by atoms with Crippen LogP contribution in [0.3, 0.4) is 0 Å². The third-order valence-electron chi connectivity index (χ3n) is 3.71. The molecule has 0 saturated carbocycles. The van der Waals surface area contributed by atoms with Crippen molar-refractivity contribution in [2.45, 2.75) is 19.4 Å². The Bertz CT molecular complexity index is 866. The molecule has 2 heterocycles. The van der Waals surface area contributed by atoms with Crippen LogP contribution in [0.2, 0.25) is 10.0 Å². The molecule has 128 valence electrons. The summed E-state index contributed by atoms with van der Waals surface area (Å²) in [7, 11) is 0. The van der Waals surface area contributed by atoms with E-state index in [2.05, 4.69) is 10.3 Å². The maximum Gasteiger partial charge on any atom is 0.220 e. The van der Waals surface area contributed by atoms with Gasteiger partial charge >= 0.3 is 0 Å². The van der Waals surface area contributed by atoms with Crippen LogP contribution < -0.4 is 5.32 Å². The first-order valence-corrected chi connectivity index (χ1v) is 9.45. The number of halogens is 2. The van der Waals surface area contributed by atoms with E-state index >= 15 is 0 Å². The summed E-state index contributed by atoms with van der Waals surface area (Å²) in [4.78, 5) is 17.6. The Morgan fingerprint density at radius 2 is 1.96 bits per heavy atom. The van der Waals surface area contributed by atoms with Crippen molar-refractivity contribution >= 4 is 40.4 Å². The van der Waals surface area contributed by atoms with Gasteiger partial charge in [-0.3, -0.25) is 9.78 Å². The highest BCUT2D eigenvalue weighted by molar-refractivity contribution is 7.13. The molecular formula is C19H16Cl2N2OS. The van der Waals surface area contributed by atoms with Gasteiger partial charge in [0, 0.05) is 19.2 Å².